The van der Waals surface area contributed by atoms with Crippen molar-refractivity contribution in [2.24, 2.45) is 0 Å². The molecule has 4 heterocycles. The number of Topliss-reactive ketones (excluding diaryl/α,β-unsaturated/α-hetero) is 1. The van der Waals surface area contributed by atoms with Gasteiger partial charge < -0.3 is 35.6 Å². The van der Waals surface area contributed by atoms with Crippen LogP contribution >= 0.6 is 220 Å². The highest BCUT2D eigenvalue weighted by atomic mass is 79.9. The van der Waals surface area contributed by atoms with E-state index >= 15 is 0 Å². The minimum absolute atomic E-state index is 0.0332. The van der Waals surface area contributed by atoms with Gasteiger partial charge in [0.25, 0.3) is 5.91 Å². The van der Waals surface area contributed by atoms with Gasteiger partial charge in [-0.2, -0.15) is 0 Å². The largest absolute Gasteiger partial charge is 0.643 e. The van der Waals surface area contributed by atoms with Gasteiger partial charge in [-0.15, -0.1) is 23.2 Å². The van der Waals surface area contributed by atoms with Gasteiger partial charge in [-0.1, -0.05) is 198 Å². The number of carbonyl (C=O) groups is 6. The number of hydrogen-bond acceptors (Lipinski definition) is 13. The number of hydrogen-bond donors (Lipinski definition) is 5. The highest BCUT2D eigenvalue weighted by molar-refractivity contribution is 9.08. The summed E-state index contributed by atoms with van der Waals surface area (Å²) in [7, 11) is 17.6. The maximum atomic E-state index is 11.5. The van der Waals surface area contributed by atoms with Crippen LogP contribution in [0.5, 0.6) is 0 Å². The van der Waals surface area contributed by atoms with Gasteiger partial charge in [0.05, 0.1) is 85.6 Å². The minimum atomic E-state index is -1.72. The molecule has 0 saturated heterocycles. The average Bonchev–Trinajstić information content (AvgIpc) is 0.805. The molecule has 13 rings (SSSR count). The van der Waals surface area contributed by atoms with Crippen molar-refractivity contribution in [1.29, 1.82) is 0 Å². The van der Waals surface area contributed by atoms with Crippen molar-refractivity contribution >= 4 is 295 Å². The number of nitrogen functional groups attached to an aromatic ring is 1. The zero-order valence-electron chi connectivity index (χ0n) is 61.9. The number of rotatable bonds is 14. The Labute approximate surface area is 775 Å². The van der Waals surface area contributed by atoms with Crippen LogP contribution in [-0.4, -0.2) is 97.0 Å². The van der Waals surface area contributed by atoms with Crippen LogP contribution in [0.15, 0.2) is 158 Å². The summed E-state index contributed by atoms with van der Waals surface area (Å²) in [5.74, 6) is -0.300. The number of benzene rings is 9. The molecule has 0 bridgehead atoms. The summed E-state index contributed by atoms with van der Waals surface area (Å²) in [6.45, 7) is 4.46. The lowest BCUT2D eigenvalue weighted by Crippen LogP contribution is -2.28. The molecular formula is C81H76AlBrCl18N6O9. The SMILES string of the molecule is COC(=O)c1ccc(CBr)cc1.COC(=O)c1ccc(CN2CCCc3cc(Cl)c(Cl)cc32)cc1.Clc1cc2c(cc1Cl)NCCC2.Nc1ccc(Cl)c(Cl)c1.O=C(CCCl)Cc1ccc(Cl)c(Cl)c1.O=C(Cl)CCCl.O=C(NO)c1ccc(CN2CCCc3cc(Cl)c(Cl)cc32)cc1.O=C1CCc2cc(Cl)c(Cl)cc2N1.[Cl][Al]([Cl])[Cl]. The number of ether oxygens (including phenoxy) is 2. The van der Waals surface area contributed by atoms with E-state index < -0.39 is 17.3 Å². The molecule has 4 aliphatic rings. The molecule has 0 fully saturated rings. The fourth-order valence-corrected chi connectivity index (χ4v) is 14.1. The molecular weight excluding hydrogens is 1950 g/mol. The van der Waals surface area contributed by atoms with Crippen LogP contribution in [0.4, 0.5) is 28.4 Å². The minimum Gasteiger partial charge on any atom is -0.465 e. The molecule has 4 aliphatic heterocycles. The Kier molecular flexibility index (Phi) is 47.7. The molecule has 116 heavy (non-hydrogen) atoms. The molecule has 9 aromatic rings. The van der Waals surface area contributed by atoms with Crippen molar-refractivity contribution in [1.82, 2.24) is 5.48 Å². The van der Waals surface area contributed by atoms with Gasteiger partial charge in [0.2, 0.25) is 11.1 Å². The lowest BCUT2D eigenvalue weighted by Gasteiger charge is -2.32. The molecule has 0 saturated carbocycles. The molecule has 620 valence electrons. The molecule has 0 unspecified atom stereocenters. The number of halogens is 19. The van der Waals surface area contributed by atoms with Crippen LogP contribution in [0.2, 0.25) is 60.3 Å². The topological polar surface area (TPSA) is 210 Å². The van der Waals surface area contributed by atoms with Crippen molar-refractivity contribution in [2.45, 2.75) is 89.0 Å². The van der Waals surface area contributed by atoms with Crippen molar-refractivity contribution in [3.63, 3.8) is 0 Å². The predicted molar refractivity (Wildman–Crippen MR) is 493 cm³/mol. The molecule has 35 heteroatoms. The zero-order valence-corrected chi connectivity index (χ0v) is 78.2. The second-order valence-corrected chi connectivity index (χ2v) is 38.1. The van der Waals surface area contributed by atoms with E-state index in [0.717, 1.165) is 127 Å². The number of nitrogens with one attached hydrogen (secondary N) is 3. The van der Waals surface area contributed by atoms with E-state index in [1.165, 1.54) is 37.3 Å². The number of aryl methyl sites for hydroxylation is 4. The predicted octanol–water partition coefficient (Wildman–Crippen LogP) is 26.8. The summed E-state index contributed by atoms with van der Waals surface area (Å²) in [6, 6.07) is 47.2. The Bertz CT molecular complexity index is 4600. The van der Waals surface area contributed by atoms with Crippen molar-refractivity contribution < 1.29 is 43.4 Å². The fraction of sp³-hybridized carbons (Fsp3) is 0.259. The molecule has 15 nitrogen and oxygen atoms in total. The summed E-state index contributed by atoms with van der Waals surface area (Å²) >= 11 is 87.7. The average molecular weight is 2020 g/mol. The number of amides is 2. The Morgan fingerprint density at radius 2 is 0.862 bits per heavy atom. The van der Waals surface area contributed by atoms with E-state index in [4.69, 9.17) is 220 Å². The number of hydroxylamine groups is 1. The smallest absolute Gasteiger partial charge is 0.465 e. The summed E-state index contributed by atoms with van der Waals surface area (Å²) in [5, 5.41) is 21.7. The molecule has 0 aliphatic carbocycles. The van der Waals surface area contributed by atoms with E-state index in [2.05, 4.69) is 41.1 Å². The van der Waals surface area contributed by atoms with Crippen LogP contribution in [0.1, 0.15) is 114 Å². The van der Waals surface area contributed by atoms with E-state index in [-0.39, 0.29) is 35.3 Å². The van der Waals surface area contributed by atoms with Crippen LogP contribution < -0.4 is 31.6 Å². The molecule has 0 atom stereocenters. The Morgan fingerprint density at radius 3 is 1.28 bits per heavy atom. The Balaban J connectivity index is 0.000000242. The number of anilines is 5. The van der Waals surface area contributed by atoms with Crippen molar-refractivity contribution in [2.75, 3.05) is 71.8 Å². The van der Waals surface area contributed by atoms with Gasteiger partial charge in [-0.05, 0) is 216 Å². The number of alkyl halides is 3. The molecule has 0 spiro atoms. The van der Waals surface area contributed by atoms with Gasteiger partial charge in [0.1, 0.15) is 5.78 Å². The number of fused-ring (bicyclic) bond motifs is 4. The first kappa shape index (κ1) is 102. The van der Waals surface area contributed by atoms with Crippen molar-refractivity contribution in [3.05, 3.63) is 279 Å². The first-order valence-corrected chi connectivity index (χ1v) is 47.3. The van der Waals surface area contributed by atoms with Gasteiger partial charge in [0, 0.05) is 109 Å². The monoisotopic (exact) mass is 2010 g/mol. The number of nitrogens with two attached hydrogens (primary N) is 1. The first-order chi connectivity index (χ1) is 55.2. The number of methoxy groups -OCH3 is 2. The Hall–Kier alpha value is -4.41. The first-order valence-electron chi connectivity index (χ1n) is 35.0. The lowest BCUT2D eigenvalue weighted by atomic mass is 10.0. The molecule has 6 N–H and O–H groups in total. The number of ketones is 1. The number of esters is 2. The van der Waals surface area contributed by atoms with Crippen LogP contribution in [0, 0.1) is 0 Å². The molecule has 2 amide bonds. The second kappa shape index (κ2) is 54.2. The third-order valence-corrected chi connectivity index (χ3v) is 22.3. The zero-order chi connectivity index (χ0) is 85.7. The third-order valence-electron chi connectivity index (χ3n) is 16.8. The lowest BCUT2D eigenvalue weighted by molar-refractivity contribution is -0.118. The van der Waals surface area contributed by atoms with Crippen LogP contribution in [-0.2, 0) is 74.4 Å². The summed E-state index contributed by atoms with van der Waals surface area (Å²) in [6.07, 6.45) is 8.71. The summed E-state index contributed by atoms with van der Waals surface area (Å²) in [4.78, 5) is 70.4. The quantitative estimate of drug-likeness (QED) is 0.0131. The van der Waals surface area contributed by atoms with E-state index in [0.29, 0.717) is 114 Å². The molecule has 9 aromatic carbocycles. The fourth-order valence-electron chi connectivity index (χ4n) is 11.1. The van der Waals surface area contributed by atoms with Gasteiger partial charge in [-0.25, -0.2) is 45.2 Å². The van der Waals surface area contributed by atoms with Crippen LogP contribution in [0.25, 0.3) is 0 Å². The van der Waals surface area contributed by atoms with Gasteiger partial charge in [-0.3, -0.25) is 24.4 Å². The standard InChI is InChI=1S/C18H17Cl2NO2.C17H16Cl2N2O2.C10H9Cl3O.C9H9BrO2.C9H7Cl2NO.C9H9Cl2N.C6H5Cl2N.C3H4Cl2O.Al.3ClH/c1-23-18(22)13-6-4-12(5-7-13)11-21-8-2-3-14-9-15(19)16(20)10-17(14)21;18-14-8-13-2-1-7-21(16(13)9-15(14)19)10-11-3-5-12(6-4-11)17(22)20-23;11-4-3-8(14)5-7-1-2-9(12)10(13)6-7;1-12-9(11)8-4-2-7(6-10)3-5-8;10-6-3-5-1-2-9(13)12-8(5)4-7(6)11;10-7-4-6-2-1-3-12-9(6)5-8(7)11;7-5-2-1-4(9)3-6(5)8;4-2-1-3(5)6;;;;/h4-7,9-10H,2-3,8,11H2,1H3;3-6,8-9,23H,1-2,7,10H2,(H,20,22);1-2,6H,3-5H2;2-5H,6H2,1H3;3-4H,1-2H2,(H,12,13);4-5,12H,1-3H2;1-3H,9H2;1-2H2;;3*1H/q;;;;;;;;+3;;;/p-3. The maximum Gasteiger partial charge on any atom is 0.643 e. The van der Waals surface area contributed by atoms with Crippen LogP contribution in [0.3, 0.4) is 0 Å². The van der Waals surface area contributed by atoms with Gasteiger partial charge in [0.15, 0.2) is 0 Å². The Morgan fingerprint density at radius 1 is 0.474 bits per heavy atom. The summed E-state index contributed by atoms with van der Waals surface area (Å²) in [5.41, 5.74) is 22.4. The normalized spacial score (nSPS) is 12.3. The van der Waals surface area contributed by atoms with E-state index in [1.54, 1.807) is 90.4 Å². The molecule has 0 radical (unpaired) electrons. The number of nitrogens with zero attached hydrogens (tertiary/aromatic N) is 2. The van der Waals surface area contributed by atoms with Crippen molar-refractivity contribution in [3.8, 4) is 0 Å². The summed E-state index contributed by atoms with van der Waals surface area (Å²) < 4.78 is 9.28. The third kappa shape index (κ3) is 36.0. The maximum absolute atomic E-state index is 11.5. The highest BCUT2D eigenvalue weighted by Gasteiger charge is 2.23. The van der Waals surface area contributed by atoms with E-state index in [1.807, 2.05) is 72.8 Å². The highest BCUT2D eigenvalue weighted by Crippen LogP contribution is 2.39. The number of carbonyl (C=O) groups excluding carboxylic acids is 6. The second-order valence-electron chi connectivity index (χ2n) is 25.0. The van der Waals surface area contributed by atoms with E-state index in [9.17, 15) is 28.8 Å². The van der Waals surface area contributed by atoms with Gasteiger partial charge >= 0.3 is 23.3 Å². The molecule has 0 aromatic heterocycles.